The third-order valence-corrected chi connectivity index (χ3v) is 2.41. The number of benzene rings is 1. The van der Waals surface area contributed by atoms with Gasteiger partial charge in [0.25, 0.3) is 0 Å². The van der Waals surface area contributed by atoms with Gasteiger partial charge in [-0.3, -0.25) is 4.79 Å². The zero-order chi connectivity index (χ0) is 13.7. The molecule has 1 amide bonds. The van der Waals surface area contributed by atoms with Gasteiger partial charge < -0.3 is 10.4 Å². The first-order valence-corrected chi connectivity index (χ1v) is 5.40. The molecule has 0 heterocycles. The SMILES string of the molecule is CC[C@H](NC(=O)Cc1ccc(F)cc1F)C(=O)O. The summed E-state index contributed by atoms with van der Waals surface area (Å²) in [7, 11) is 0. The largest absolute Gasteiger partial charge is 0.480 e. The lowest BCUT2D eigenvalue weighted by atomic mass is 10.1. The molecule has 6 heteroatoms. The number of halogens is 2. The molecule has 0 aliphatic carbocycles. The van der Waals surface area contributed by atoms with E-state index in [9.17, 15) is 18.4 Å². The van der Waals surface area contributed by atoms with Gasteiger partial charge in [0.05, 0.1) is 6.42 Å². The van der Waals surface area contributed by atoms with Gasteiger partial charge in [0, 0.05) is 6.07 Å². The second kappa shape index (κ2) is 6.09. The summed E-state index contributed by atoms with van der Waals surface area (Å²) in [5, 5.41) is 11.0. The number of carbonyl (C=O) groups excluding carboxylic acids is 1. The molecule has 0 saturated heterocycles. The number of carboxylic acid groups (broad SMARTS) is 1. The number of aliphatic carboxylic acids is 1. The van der Waals surface area contributed by atoms with Crippen LogP contribution in [0.25, 0.3) is 0 Å². The van der Waals surface area contributed by atoms with E-state index in [2.05, 4.69) is 5.32 Å². The van der Waals surface area contributed by atoms with Crippen LogP contribution >= 0.6 is 0 Å². The van der Waals surface area contributed by atoms with Crippen molar-refractivity contribution in [3.05, 3.63) is 35.4 Å². The summed E-state index contributed by atoms with van der Waals surface area (Å²) in [5.41, 5.74) is 0.0224. The molecule has 0 spiro atoms. The van der Waals surface area contributed by atoms with Gasteiger partial charge >= 0.3 is 5.97 Å². The lowest BCUT2D eigenvalue weighted by Crippen LogP contribution is -2.41. The van der Waals surface area contributed by atoms with Crippen molar-refractivity contribution in [2.24, 2.45) is 0 Å². The summed E-state index contributed by atoms with van der Waals surface area (Å²) in [6.07, 6.45) is -0.0944. The first-order chi connectivity index (χ1) is 8.43. The molecule has 0 aliphatic heterocycles. The van der Waals surface area contributed by atoms with Crippen molar-refractivity contribution in [1.82, 2.24) is 5.32 Å². The van der Waals surface area contributed by atoms with Crippen LogP contribution in [-0.4, -0.2) is 23.0 Å². The van der Waals surface area contributed by atoms with Gasteiger partial charge in [0.2, 0.25) is 5.91 Å². The molecule has 0 aromatic heterocycles. The number of carboxylic acids is 1. The first-order valence-electron chi connectivity index (χ1n) is 5.40. The summed E-state index contributed by atoms with van der Waals surface area (Å²) >= 11 is 0. The molecule has 18 heavy (non-hydrogen) atoms. The Hall–Kier alpha value is -1.98. The van der Waals surface area contributed by atoms with E-state index < -0.39 is 29.6 Å². The number of amides is 1. The molecule has 1 atom stereocenters. The Morgan fingerprint density at radius 3 is 2.56 bits per heavy atom. The fraction of sp³-hybridized carbons (Fsp3) is 0.333. The lowest BCUT2D eigenvalue weighted by Gasteiger charge is -2.12. The van der Waals surface area contributed by atoms with E-state index in [1.54, 1.807) is 6.92 Å². The van der Waals surface area contributed by atoms with Crippen molar-refractivity contribution in [2.45, 2.75) is 25.8 Å². The first kappa shape index (κ1) is 14.1. The number of hydrogen-bond acceptors (Lipinski definition) is 2. The highest BCUT2D eigenvalue weighted by molar-refractivity contribution is 5.84. The molecule has 1 rings (SSSR count). The maximum absolute atomic E-state index is 13.3. The summed E-state index contributed by atoms with van der Waals surface area (Å²) in [5.74, 6) is -3.32. The molecule has 0 radical (unpaired) electrons. The topological polar surface area (TPSA) is 66.4 Å². The van der Waals surface area contributed by atoms with E-state index in [4.69, 9.17) is 5.11 Å². The van der Waals surface area contributed by atoms with Crippen LogP contribution in [0.15, 0.2) is 18.2 Å². The monoisotopic (exact) mass is 257 g/mol. The Bertz CT molecular complexity index is 463. The van der Waals surface area contributed by atoms with Gasteiger partial charge in [-0.25, -0.2) is 13.6 Å². The lowest BCUT2D eigenvalue weighted by molar-refractivity contribution is -0.141. The predicted molar refractivity (Wildman–Crippen MR) is 59.9 cm³/mol. The average Bonchev–Trinajstić information content (AvgIpc) is 2.29. The van der Waals surface area contributed by atoms with Gasteiger partial charge in [-0.2, -0.15) is 0 Å². The van der Waals surface area contributed by atoms with E-state index in [0.29, 0.717) is 6.07 Å². The zero-order valence-electron chi connectivity index (χ0n) is 9.74. The summed E-state index contributed by atoms with van der Waals surface area (Å²) in [4.78, 5) is 22.2. The highest BCUT2D eigenvalue weighted by atomic mass is 19.1. The van der Waals surface area contributed by atoms with Crippen molar-refractivity contribution in [3.63, 3.8) is 0 Å². The highest BCUT2D eigenvalue weighted by Crippen LogP contribution is 2.10. The smallest absolute Gasteiger partial charge is 0.326 e. The minimum absolute atomic E-state index is 0.0224. The minimum Gasteiger partial charge on any atom is -0.480 e. The van der Waals surface area contributed by atoms with Gasteiger partial charge in [0.15, 0.2) is 0 Å². The predicted octanol–water partition coefficient (Wildman–Crippen LogP) is 1.49. The Balaban J connectivity index is 2.67. The van der Waals surface area contributed by atoms with Crippen molar-refractivity contribution < 1.29 is 23.5 Å². The van der Waals surface area contributed by atoms with Crippen LogP contribution in [0.1, 0.15) is 18.9 Å². The molecule has 1 aromatic rings. The van der Waals surface area contributed by atoms with E-state index >= 15 is 0 Å². The molecule has 0 saturated carbocycles. The fourth-order valence-electron chi connectivity index (χ4n) is 1.42. The van der Waals surface area contributed by atoms with Crippen LogP contribution in [0.3, 0.4) is 0 Å². The molecule has 1 aromatic carbocycles. The van der Waals surface area contributed by atoms with Crippen LogP contribution in [0.5, 0.6) is 0 Å². The standard InChI is InChI=1S/C12H13F2NO3/c1-2-10(12(17)18)15-11(16)5-7-3-4-8(13)6-9(7)14/h3-4,6,10H,2,5H2,1H3,(H,15,16)(H,17,18)/t10-/m0/s1. The van der Waals surface area contributed by atoms with Gasteiger partial charge in [-0.1, -0.05) is 13.0 Å². The zero-order valence-corrected chi connectivity index (χ0v) is 9.74. The number of nitrogens with one attached hydrogen (secondary N) is 1. The summed E-state index contributed by atoms with van der Waals surface area (Å²) < 4.78 is 25.9. The molecule has 2 N–H and O–H groups in total. The second-order valence-corrected chi connectivity index (χ2v) is 3.78. The highest BCUT2D eigenvalue weighted by Gasteiger charge is 2.18. The Morgan fingerprint density at radius 1 is 1.39 bits per heavy atom. The van der Waals surface area contributed by atoms with Crippen molar-refractivity contribution in [3.8, 4) is 0 Å². The van der Waals surface area contributed by atoms with Crippen LogP contribution in [0.4, 0.5) is 8.78 Å². The van der Waals surface area contributed by atoms with Gasteiger partial charge in [-0.05, 0) is 18.1 Å². The van der Waals surface area contributed by atoms with E-state index in [0.717, 1.165) is 12.1 Å². The van der Waals surface area contributed by atoms with Crippen LogP contribution in [-0.2, 0) is 16.0 Å². The Kier molecular flexibility index (Phi) is 4.76. The minimum atomic E-state index is -1.15. The Labute approximate surface area is 103 Å². The maximum atomic E-state index is 13.3. The van der Waals surface area contributed by atoms with E-state index in [1.165, 1.54) is 0 Å². The molecule has 0 aliphatic rings. The average molecular weight is 257 g/mol. The quantitative estimate of drug-likeness (QED) is 0.839. The number of carbonyl (C=O) groups is 2. The molecular weight excluding hydrogens is 244 g/mol. The van der Waals surface area contributed by atoms with Crippen LogP contribution in [0, 0.1) is 11.6 Å². The molecule has 98 valence electrons. The number of hydrogen-bond donors (Lipinski definition) is 2. The van der Waals surface area contributed by atoms with Crippen LogP contribution < -0.4 is 5.32 Å². The Morgan fingerprint density at radius 2 is 2.06 bits per heavy atom. The third kappa shape index (κ3) is 3.80. The molecule has 4 nitrogen and oxygen atoms in total. The van der Waals surface area contributed by atoms with Crippen LogP contribution in [0.2, 0.25) is 0 Å². The van der Waals surface area contributed by atoms with E-state index in [-0.39, 0.29) is 18.4 Å². The fourth-order valence-corrected chi connectivity index (χ4v) is 1.42. The van der Waals surface area contributed by atoms with Gasteiger partial charge in [-0.15, -0.1) is 0 Å². The number of rotatable bonds is 5. The summed E-state index contributed by atoms with van der Waals surface area (Å²) in [6, 6.07) is 1.88. The van der Waals surface area contributed by atoms with Gasteiger partial charge in [0.1, 0.15) is 17.7 Å². The molecule has 0 bridgehead atoms. The molecule has 0 unspecified atom stereocenters. The normalized spacial score (nSPS) is 11.9. The maximum Gasteiger partial charge on any atom is 0.326 e. The van der Waals surface area contributed by atoms with Crippen molar-refractivity contribution in [1.29, 1.82) is 0 Å². The molecular formula is C12H13F2NO3. The van der Waals surface area contributed by atoms with Crippen molar-refractivity contribution in [2.75, 3.05) is 0 Å². The van der Waals surface area contributed by atoms with Crippen molar-refractivity contribution >= 4 is 11.9 Å². The molecule has 0 fully saturated rings. The van der Waals surface area contributed by atoms with E-state index in [1.807, 2.05) is 0 Å². The second-order valence-electron chi connectivity index (χ2n) is 3.78. The summed E-state index contributed by atoms with van der Waals surface area (Å²) in [6.45, 7) is 1.61. The third-order valence-electron chi connectivity index (χ3n) is 2.41.